The summed E-state index contributed by atoms with van der Waals surface area (Å²) >= 11 is 0. The van der Waals surface area contributed by atoms with Gasteiger partial charge in [-0.15, -0.1) is 4.91 Å². The minimum atomic E-state index is -3.28. The Morgan fingerprint density at radius 1 is 1.23 bits per heavy atom. The van der Waals surface area contributed by atoms with Gasteiger partial charge in [0, 0.05) is 0 Å². The van der Waals surface area contributed by atoms with E-state index < -0.39 is 9.84 Å². The van der Waals surface area contributed by atoms with Gasteiger partial charge in [-0.1, -0.05) is 0 Å². The van der Waals surface area contributed by atoms with Crippen molar-refractivity contribution in [3.8, 4) is 0 Å². The Morgan fingerprint density at radius 2 is 1.77 bits per heavy atom. The van der Waals surface area contributed by atoms with E-state index in [0.717, 1.165) is 0 Å². The summed E-state index contributed by atoms with van der Waals surface area (Å²) in [7, 11) is -3.28. The van der Waals surface area contributed by atoms with E-state index in [-0.39, 0.29) is 16.3 Å². The lowest BCUT2D eigenvalue weighted by molar-refractivity contribution is 0.599. The van der Waals surface area contributed by atoms with Crippen molar-refractivity contribution >= 4 is 15.5 Å². The first-order chi connectivity index (χ1) is 6.10. The smallest absolute Gasteiger partial charge is 0.178 e. The van der Waals surface area contributed by atoms with Crippen LogP contribution < -0.4 is 0 Å². The molecule has 0 fully saturated rings. The van der Waals surface area contributed by atoms with E-state index in [1.54, 1.807) is 0 Å². The van der Waals surface area contributed by atoms with Crippen LogP contribution >= 0.6 is 0 Å². The molecule has 0 saturated heterocycles. The largest absolute Gasteiger partial charge is 0.224 e. The van der Waals surface area contributed by atoms with Gasteiger partial charge in [-0.25, -0.2) is 8.42 Å². The molecule has 0 bridgehead atoms. The first-order valence-electron chi connectivity index (χ1n) is 3.55. The lowest BCUT2D eigenvalue weighted by Crippen LogP contribution is -2.02. The molecule has 13 heavy (non-hydrogen) atoms. The quantitative estimate of drug-likeness (QED) is 0.694. The minimum absolute atomic E-state index is 0.162. The first kappa shape index (κ1) is 9.85. The van der Waals surface area contributed by atoms with Crippen LogP contribution in [0.1, 0.15) is 0 Å². The summed E-state index contributed by atoms with van der Waals surface area (Å²) in [5, 5.41) is 2.66. The maximum atomic E-state index is 11.2. The third kappa shape index (κ3) is 2.12. The molecule has 0 aliphatic carbocycles. The lowest BCUT2D eigenvalue weighted by Gasteiger charge is -1.99. The summed E-state index contributed by atoms with van der Waals surface area (Å²) in [5.41, 5.74) is 0.211. The van der Waals surface area contributed by atoms with Crippen LogP contribution in [-0.4, -0.2) is 14.2 Å². The zero-order valence-electron chi connectivity index (χ0n) is 6.80. The van der Waals surface area contributed by atoms with Crippen LogP contribution in [0.2, 0.25) is 0 Å². The molecule has 0 N–H and O–H groups in total. The molecule has 0 amide bonds. The summed E-state index contributed by atoms with van der Waals surface area (Å²) in [4.78, 5) is 10.2. The first-order valence-corrected chi connectivity index (χ1v) is 5.21. The molecule has 0 spiro atoms. The van der Waals surface area contributed by atoms with Gasteiger partial charge >= 0.3 is 0 Å². The van der Waals surface area contributed by atoms with Gasteiger partial charge < -0.3 is 0 Å². The number of nitroso groups, excluding NO2 is 1. The number of nitrogens with zero attached hydrogens (tertiary/aromatic N) is 1. The molecule has 1 aromatic rings. The van der Waals surface area contributed by atoms with Gasteiger partial charge in [0.25, 0.3) is 0 Å². The highest BCUT2D eigenvalue weighted by atomic mass is 32.2. The number of hydrogen-bond donors (Lipinski definition) is 0. The molecule has 0 unspecified atom stereocenters. The van der Waals surface area contributed by atoms with Crippen LogP contribution in [0.4, 0.5) is 5.69 Å². The van der Waals surface area contributed by atoms with Crippen LogP contribution in [0.25, 0.3) is 0 Å². The second-order valence-electron chi connectivity index (χ2n) is 2.40. The van der Waals surface area contributed by atoms with Gasteiger partial charge in [-0.05, 0) is 36.4 Å². The fourth-order valence-electron chi connectivity index (χ4n) is 0.832. The van der Waals surface area contributed by atoms with Crippen molar-refractivity contribution in [2.75, 3.05) is 5.75 Å². The maximum absolute atomic E-state index is 11.2. The fraction of sp³-hybridized carbons (Fsp3) is 0.125. The average molecular weight is 198 g/mol. The molecule has 5 heteroatoms. The molecule has 0 aromatic heterocycles. The molecule has 69 valence electrons. The van der Waals surface area contributed by atoms with E-state index in [4.69, 9.17) is 0 Å². The minimum Gasteiger partial charge on any atom is -0.224 e. The summed E-state index contributed by atoms with van der Waals surface area (Å²) in [6.07, 6.45) is 0. The van der Waals surface area contributed by atoms with Gasteiger partial charge in [-0.2, -0.15) is 0 Å². The summed E-state index contributed by atoms with van der Waals surface area (Å²) in [5.74, 6) is -0.194. The van der Waals surface area contributed by atoms with E-state index in [1.807, 2.05) is 0 Å². The molecule has 1 aromatic carbocycles. The fourth-order valence-corrected chi connectivity index (χ4v) is 1.62. The van der Waals surface area contributed by atoms with E-state index in [1.165, 1.54) is 24.3 Å². The van der Waals surface area contributed by atoms with E-state index in [2.05, 4.69) is 12.1 Å². The van der Waals surface area contributed by atoms with Crippen LogP contribution in [0.5, 0.6) is 0 Å². The van der Waals surface area contributed by atoms with Crippen molar-refractivity contribution in [1.82, 2.24) is 0 Å². The van der Waals surface area contributed by atoms with Crippen LogP contribution in [0, 0.1) is 11.8 Å². The number of benzene rings is 1. The van der Waals surface area contributed by atoms with Crippen molar-refractivity contribution in [3.63, 3.8) is 0 Å². The van der Waals surface area contributed by atoms with E-state index >= 15 is 0 Å². The Kier molecular flexibility index (Phi) is 2.77. The van der Waals surface area contributed by atoms with Crippen LogP contribution in [0.3, 0.4) is 0 Å². The van der Waals surface area contributed by atoms with E-state index in [0.29, 0.717) is 0 Å². The zero-order valence-corrected chi connectivity index (χ0v) is 7.62. The highest BCUT2D eigenvalue weighted by Gasteiger charge is 2.10. The molecule has 0 saturated carbocycles. The van der Waals surface area contributed by atoms with Crippen molar-refractivity contribution < 1.29 is 8.42 Å². The second-order valence-corrected chi connectivity index (χ2v) is 4.51. The Hall–Kier alpha value is -1.23. The highest BCUT2D eigenvalue weighted by Crippen LogP contribution is 2.16. The van der Waals surface area contributed by atoms with Crippen LogP contribution in [-0.2, 0) is 9.84 Å². The summed E-state index contributed by atoms with van der Waals surface area (Å²) < 4.78 is 22.5. The third-order valence-corrected chi connectivity index (χ3v) is 3.10. The molecular weight excluding hydrogens is 190 g/mol. The molecule has 1 rings (SSSR count). The van der Waals surface area contributed by atoms with E-state index in [9.17, 15) is 13.3 Å². The van der Waals surface area contributed by atoms with Gasteiger partial charge in [-0.3, -0.25) is 0 Å². The number of sulfone groups is 1. The Balaban J connectivity index is 3.13. The molecule has 0 aliphatic heterocycles. The lowest BCUT2D eigenvalue weighted by atomic mass is 10.3. The maximum Gasteiger partial charge on any atom is 0.178 e. The molecular formula is C8H8NO3S. The second kappa shape index (κ2) is 3.66. The summed E-state index contributed by atoms with van der Waals surface area (Å²) in [6.45, 7) is 3.30. The van der Waals surface area contributed by atoms with Gasteiger partial charge in [0.1, 0.15) is 5.69 Å². The zero-order chi connectivity index (χ0) is 9.90. The van der Waals surface area contributed by atoms with Gasteiger partial charge in [0.05, 0.1) is 10.6 Å². The topological polar surface area (TPSA) is 63.6 Å². The molecule has 0 atom stereocenters. The third-order valence-electron chi connectivity index (χ3n) is 1.57. The van der Waals surface area contributed by atoms with Crippen molar-refractivity contribution in [3.05, 3.63) is 36.1 Å². The standard InChI is InChI=1S/C8H8NO3S/c1-2-13(11,12)8-5-3-7(9-10)4-6-8/h3-6H,1-2H2. The molecule has 1 radical (unpaired) electrons. The average Bonchev–Trinajstić information content (AvgIpc) is 2.18. The molecule has 0 aliphatic rings. The Morgan fingerprint density at radius 3 is 2.15 bits per heavy atom. The normalized spacial score (nSPS) is 11.2. The molecule has 4 nitrogen and oxygen atoms in total. The highest BCUT2D eigenvalue weighted by molar-refractivity contribution is 7.91. The van der Waals surface area contributed by atoms with Gasteiger partial charge in [0.2, 0.25) is 0 Å². The predicted molar refractivity (Wildman–Crippen MR) is 49.3 cm³/mol. The van der Waals surface area contributed by atoms with Crippen molar-refractivity contribution in [2.45, 2.75) is 4.90 Å². The predicted octanol–water partition coefficient (Wildman–Crippen LogP) is 1.69. The Labute approximate surface area is 76.5 Å². The van der Waals surface area contributed by atoms with Crippen molar-refractivity contribution in [2.24, 2.45) is 5.18 Å². The summed E-state index contributed by atoms with van der Waals surface area (Å²) in [6, 6.07) is 5.40. The number of rotatable bonds is 3. The van der Waals surface area contributed by atoms with Gasteiger partial charge in [0.15, 0.2) is 9.84 Å². The Bertz CT molecular complexity index is 394. The number of hydrogen-bond acceptors (Lipinski definition) is 4. The van der Waals surface area contributed by atoms with Crippen LogP contribution in [0.15, 0.2) is 34.3 Å². The monoisotopic (exact) mass is 198 g/mol. The SMILES string of the molecule is [CH2]CS(=O)(=O)c1ccc(N=O)cc1. The van der Waals surface area contributed by atoms with Crippen molar-refractivity contribution in [1.29, 1.82) is 0 Å². The molecule has 0 heterocycles.